The van der Waals surface area contributed by atoms with Crippen LogP contribution < -0.4 is 4.74 Å². The van der Waals surface area contributed by atoms with Gasteiger partial charge in [0.1, 0.15) is 12.4 Å². The number of hydrogen-bond donors (Lipinski definition) is 0. The van der Waals surface area contributed by atoms with Crippen molar-refractivity contribution in [1.82, 2.24) is 0 Å². The number of aryl methyl sites for hydroxylation is 1. The third kappa shape index (κ3) is 4.41. The lowest BCUT2D eigenvalue weighted by molar-refractivity contribution is 0.356. The van der Waals surface area contributed by atoms with Gasteiger partial charge in [-0.3, -0.25) is 0 Å². The van der Waals surface area contributed by atoms with E-state index in [4.69, 9.17) is 27.0 Å². The molecule has 0 atom stereocenters. The molecule has 1 rings (SSSR count). The highest BCUT2D eigenvalue weighted by Gasteiger charge is 2.18. The minimum absolute atomic E-state index is 0.118. The van der Waals surface area contributed by atoms with Gasteiger partial charge in [0.25, 0.3) is 9.05 Å². The Morgan fingerprint density at radius 1 is 1.37 bits per heavy atom. The molecule has 0 saturated heterocycles. The van der Waals surface area contributed by atoms with Gasteiger partial charge in [-0.25, -0.2) is 8.42 Å². The van der Waals surface area contributed by atoms with Crippen molar-refractivity contribution in [1.29, 1.82) is 0 Å². The zero-order valence-corrected chi connectivity index (χ0v) is 13.3. The van der Waals surface area contributed by atoms with Crippen molar-refractivity contribution >= 4 is 31.3 Å². The molecule has 0 aliphatic carbocycles. The predicted molar refractivity (Wildman–Crippen MR) is 78.8 cm³/mol. The molecule has 6 heteroatoms. The SMILES string of the molecule is Cc1cc(OC/C=C/Cl)c(C(C)C)cc1S(=O)(=O)Cl. The lowest BCUT2D eigenvalue weighted by atomic mass is 10.0. The first-order valence-corrected chi connectivity index (χ1v) is 8.49. The van der Waals surface area contributed by atoms with Gasteiger partial charge in [0.15, 0.2) is 0 Å². The Morgan fingerprint density at radius 2 is 2.00 bits per heavy atom. The van der Waals surface area contributed by atoms with E-state index < -0.39 is 9.05 Å². The zero-order valence-electron chi connectivity index (χ0n) is 11.0. The normalized spacial score (nSPS) is 12.3. The fraction of sp³-hybridized carbons (Fsp3) is 0.385. The Kier molecular flexibility index (Phi) is 5.71. The predicted octanol–water partition coefficient (Wildman–Crippen LogP) is 4.18. The van der Waals surface area contributed by atoms with Crippen LogP contribution >= 0.6 is 22.3 Å². The van der Waals surface area contributed by atoms with Crippen LogP contribution in [0.5, 0.6) is 5.75 Å². The number of halogens is 2. The maximum absolute atomic E-state index is 11.5. The lowest BCUT2D eigenvalue weighted by Gasteiger charge is -2.16. The van der Waals surface area contributed by atoms with Crippen LogP contribution in [0.15, 0.2) is 28.6 Å². The molecule has 0 N–H and O–H groups in total. The summed E-state index contributed by atoms with van der Waals surface area (Å²) in [5, 5.41) is 0. The number of rotatable bonds is 5. The second-order valence-corrected chi connectivity index (χ2v) is 7.21. The maximum Gasteiger partial charge on any atom is 0.261 e. The van der Waals surface area contributed by atoms with E-state index in [2.05, 4.69) is 0 Å². The standard InChI is InChI=1S/C13H16Cl2O3S/c1-9(2)11-8-13(19(15,16)17)10(3)7-12(11)18-6-4-5-14/h4-5,7-9H,6H2,1-3H3/b5-4+. The lowest BCUT2D eigenvalue weighted by Crippen LogP contribution is -2.03. The van der Waals surface area contributed by atoms with Gasteiger partial charge < -0.3 is 4.74 Å². The summed E-state index contributed by atoms with van der Waals surface area (Å²) in [5.74, 6) is 0.763. The van der Waals surface area contributed by atoms with Gasteiger partial charge in [-0.2, -0.15) is 0 Å². The molecular weight excluding hydrogens is 307 g/mol. The molecule has 1 aromatic rings. The van der Waals surface area contributed by atoms with Gasteiger partial charge in [-0.1, -0.05) is 25.4 Å². The fourth-order valence-corrected chi connectivity index (χ4v) is 2.97. The molecule has 0 aromatic heterocycles. The zero-order chi connectivity index (χ0) is 14.6. The van der Waals surface area contributed by atoms with E-state index in [0.29, 0.717) is 17.9 Å². The molecule has 0 radical (unpaired) electrons. The Bertz CT molecular complexity index is 578. The summed E-state index contributed by atoms with van der Waals surface area (Å²) in [6.07, 6.45) is 1.66. The summed E-state index contributed by atoms with van der Waals surface area (Å²) in [7, 11) is 1.67. The van der Waals surface area contributed by atoms with Crippen LogP contribution in [0.3, 0.4) is 0 Å². The molecule has 0 aliphatic rings. The Morgan fingerprint density at radius 3 is 2.47 bits per heavy atom. The van der Waals surface area contributed by atoms with Crippen molar-refractivity contribution in [3.05, 3.63) is 34.9 Å². The van der Waals surface area contributed by atoms with E-state index in [1.165, 1.54) is 5.54 Å². The second kappa shape index (κ2) is 6.64. The molecule has 0 spiro atoms. The number of hydrogen-bond acceptors (Lipinski definition) is 3. The average Bonchev–Trinajstić information content (AvgIpc) is 2.27. The number of ether oxygens (including phenoxy) is 1. The Hall–Kier alpha value is -0.710. The van der Waals surface area contributed by atoms with Crippen LogP contribution in [0.1, 0.15) is 30.9 Å². The molecule has 106 valence electrons. The molecule has 0 fully saturated rings. The van der Waals surface area contributed by atoms with Gasteiger partial charge in [0.2, 0.25) is 0 Å². The summed E-state index contributed by atoms with van der Waals surface area (Å²) in [5.41, 5.74) is 2.73. The highest BCUT2D eigenvalue weighted by atomic mass is 35.7. The van der Waals surface area contributed by atoms with Gasteiger partial charge >= 0.3 is 0 Å². The highest BCUT2D eigenvalue weighted by Crippen LogP contribution is 2.33. The van der Waals surface area contributed by atoms with E-state index in [9.17, 15) is 8.42 Å². The summed E-state index contributed by atoms with van der Waals surface area (Å²) < 4.78 is 28.6. The van der Waals surface area contributed by atoms with E-state index >= 15 is 0 Å². The largest absolute Gasteiger partial charge is 0.489 e. The van der Waals surface area contributed by atoms with Gasteiger partial charge in [0.05, 0.1) is 4.90 Å². The molecule has 0 bridgehead atoms. The van der Waals surface area contributed by atoms with E-state index in [1.54, 1.807) is 25.1 Å². The van der Waals surface area contributed by atoms with Crippen LogP contribution in [-0.4, -0.2) is 15.0 Å². The Labute approximate surface area is 123 Å². The average molecular weight is 323 g/mol. The van der Waals surface area contributed by atoms with Crippen molar-refractivity contribution in [2.75, 3.05) is 6.61 Å². The molecule has 3 nitrogen and oxygen atoms in total. The summed E-state index contributed by atoms with van der Waals surface area (Å²) in [4.78, 5) is 0.123. The van der Waals surface area contributed by atoms with Gasteiger partial charge in [-0.15, -0.1) is 0 Å². The third-order valence-electron chi connectivity index (χ3n) is 2.62. The fourth-order valence-electron chi connectivity index (χ4n) is 1.69. The van der Waals surface area contributed by atoms with Crippen molar-refractivity contribution in [3.63, 3.8) is 0 Å². The van der Waals surface area contributed by atoms with E-state index in [0.717, 1.165) is 5.56 Å². The molecule has 0 saturated carbocycles. The molecule has 0 aliphatic heterocycles. The monoisotopic (exact) mass is 322 g/mol. The van der Waals surface area contributed by atoms with E-state index in [1.807, 2.05) is 13.8 Å². The van der Waals surface area contributed by atoms with Crippen LogP contribution in [0.25, 0.3) is 0 Å². The van der Waals surface area contributed by atoms with Crippen LogP contribution in [0, 0.1) is 6.92 Å². The first-order valence-electron chi connectivity index (χ1n) is 5.74. The van der Waals surface area contributed by atoms with Crippen molar-refractivity contribution in [2.24, 2.45) is 0 Å². The first kappa shape index (κ1) is 16.3. The molecule has 19 heavy (non-hydrogen) atoms. The molecule has 0 unspecified atom stereocenters. The summed E-state index contributed by atoms with van der Waals surface area (Å²) in [6, 6.07) is 3.26. The number of benzene rings is 1. The quantitative estimate of drug-likeness (QED) is 0.764. The van der Waals surface area contributed by atoms with Crippen molar-refractivity contribution < 1.29 is 13.2 Å². The van der Waals surface area contributed by atoms with Crippen molar-refractivity contribution in [2.45, 2.75) is 31.6 Å². The van der Waals surface area contributed by atoms with Crippen LogP contribution in [0.2, 0.25) is 0 Å². The summed E-state index contributed by atoms with van der Waals surface area (Å²) >= 11 is 5.43. The first-order chi connectivity index (χ1) is 8.77. The molecule has 0 amide bonds. The summed E-state index contributed by atoms with van der Waals surface area (Å²) in [6.45, 7) is 5.93. The molecule has 1 aromatic carbocycles. The molecular formula is C13H16Cl2O3S. The minimum atomic E-state index is -3.75. The topological polar surface area (TPSA) is 43.4 Å². The minimum Gasteiger partial charge on any atom is -0.489 e. The van der Waals surface area contributed by atoms with Gasteiger partial charge in [-0.05, 0) is 42.2 Å². The molecule has 0 heterocycles. The smallest absolute Gasteiger partial charge is 0.261 e. The maximum atomic E-state index is 11.5. The van der Waals surface area contributed by atoms with Crippen LogP contribution in [0.4, 0.5) is 0 Å². The van der Waals surface area contributed by atoms with Crippen LogP contribution in [-0.2, 0) is 9.05 Å². The Balaban J connectivity index is 3.29. The third-order valence-corrected chi connectivity index (χ3v) is 4.26. The van der Waals surface area contributed by atoms with Crippen molar-refractivity contribution in [3.8, 4) is 5.75 Å². The van der Waals surface area contributed by atoms with Gasteiger partial charge in [0, 0.05) is 16.2 Å². The highest BCUT2D eigenvalue weighted by molar-refractivity contribution is 8.13. The van der Waals surface area contributed by atoms with E-state index in [-0.39, 0.29) is 10.8 Å². The second-order valence-electron chi connectivity index (χ2n) is 4.42.